The van der Waals surface area contributed by atoms with Gasteiger partial charge in [0.25, 0.3) is 0 Å². The van der Waals surface area contributed by atoms with Gasteiger partial charge >= 0.3 is 11.9 Å². The van der Waals surface area contributed by atoms with Crippen LogP contribution in [0.25, 0.3) is 0 Å². The number of hydrogen-bond donors (Lipinski definition) is 0. The maximum atomic E-state index is 13.3. The van der Waals surface area contributed by atoms with Crippen molar-refractivity contribution in [3.8, 4) is 5.75 Å². The van der Waals surface area contributed by atoms with Gasteiger partial charge in [-0.15, -0.1) is 0 Å². The van der Waals surface area contributed by atoms with Gasteiger partial charge in [-0.3, -0.25) is 19.3 Å². The highest BCUT2D eigenvalue weighted by Gasteiger charge is 2.62. The summed E-state index contributed by atoms with van der Waals surface area (Å²) in [6, 6.07) is 7.47. The van der Waals surface area contributed by atoms with Crippen molar-refractivity contribution in [3.05, 3.63) is 29.8 Å². The molecule has 0 radical (unpaired) electrons. The van der Waals surface area contributed by atoms with Gasteiger partial charge in [0.05, 0.1) is 20.6 Å². The molecule has 0 N–H and O–H groups in total. The molecule has 7 heteroatoms. The summed E-state index contributed by atoms with van der Waals surface area (Å²) in [6.07, 6.45) is 6.29. The standard InChI is InChI=1S/C25H33NO6/c1-30-20-10-6-7-17(13-20)16-26-18-11-12-21(26)25(22(27)14-18,24(29)31-2)15-23(28)32-19-8-4-3-5-9-19/h6-7,10,13,18-19,21H,3-5,8-9,11-12,14-16H2,1-2H3/t18-,21-,25+/m1/s1. The van der Waals surface area contributed by atoms with Gasteiger partial charge < -0.3 is 14.2 Å². The highest BCUT2D eigenvalue weighted by molar-refractivity contribution is 6.08. The zero-order valence-corrected chi connectivity index (χ0v) is 19.0. The third-order valence-electron chi connectivity index (χ3n) is 7.45. The summed E-state index contributed by atoms with van der Waals surface area (Å²) in [5.74, 6) is -0.524. The van der Waals surface area contributed by atoms with Gasteiger partial charge in [-0.1, -0.05) is 18.6 Å². The first kappa shape index (κ1) is 22.8. The Morgan fingerprint density at radius 3 is 2.59 bits per heavy atom. The van der Waals surface area contributed by atoms with Crippen molar-refractivity contribution in [2.45, 2.75) is 82.5 Å². The number of ether oxygens (including phenoxy) is 3. The predicted octanol–water partition coefficient (Wildman–Crippen LogP) is 3.43. The number of hydrogen-bond acceptors (Lipinski definition) is 7. The smallest absolute Gasteiger partial charge is 0.321 e. The summed E-state index contributed by atoms with van der Waals surface area (Å²) in [4.78, 5) is 41.6. The lowest BCUT2D eigenvalue weighted by Crippen LogP contribution is -2.61. The molecule has 3 fully saturated rings. The molecule has 1 aromatic carbocycles. The highest BCUT2D eigenvalue weighted by Crippen LogP contribution is 2.48. The maximum absolute atomic E-state index is 13.3. The average Bonchev–Trinajstić information content (AvgIpc) is 3.12. The molecule has 0 spiro atoms. The van der Waals surface area contributed by atoms with Crippen molar-refractivity contribution < 1.29 is 28.6 Å². The fourth-order valence-corrected chi connectivity index (χ4v) is 5.85. The second-order valence-corrected chi connectivity index (χ2v) is 9.29. The third kappa shape index (κ3) is 4.27. The van der Waals surface area contributed by atoms with Crippen LogP contribution in [0.15, 0.2) is 24.3 Å². The number of benzene rings is 1. The lowest BCUT2D eigenvalue weighted by atomic mass is 9.70. The number of carbonyl (C=O) groups excluding carboxylic acids is 3. The van der Waals surface area contributed by atoms with Crippen LogP contribution in [0.2, 0.25) is 0 Å². The van der Waals surface area contributed by atoms with E-state index in [9.17, 15) is 14.4 Å². The first-order valence-corrected chi connectivity index (χ1v) is 11.7. The molecule has 0 unspecified atom stereocenters. The molecule has 32 heavy (non-hydrogen) atoms. The summed E-state index contributed by atoms with van der Waals surface area (Å²) >= 11 is 0. The van der Waals surface area contributed by atoms with Crippen molar-refractivity contribution in [2.24, 2.45) is 5.41 Å². The highest BCUT2D eigenvalue weighted by atomic mass is 16.5. The van der Waals surface area contributed by atoms with Crippen LogP contribution in [0.1, 0.15) is 63.4 Å². The predicted molar refractivity (Wildman–Crippen MR) is 117 cm³/mol. The lowest BCUT2D eigenvalue weighted by molar-refractivity contribution is -0.175. The topological polar surface area (TPSA) is 82.1 Å². The number of nitrogens with zero attached hydrogens (tertiary/aromatic N) is 1. The molecule has 174 valence electrons. The molecule has 7 nitrogen and oxygen atoms in total. The molecule has 0 amide bonds. The molecule has 2 heterocycles. The van der Waals surface area contributed by atoms with E-state index in [-0.39, 0.29) is 36.8 Å². The summed E-state index contributed by atoms with van der Waals surface area (Å²) in [6.45, 7) is 0.580. The van der Waals surface area contributed by atoms with Crippen molar-refractivity contribution >= 4 is 17.7 Å². The van der Waals surface area contributed by atoms with Gasteiger partial charge in [0, 0.05) is 25.0 Å². The molecule has 1 aliphatic carbocycles. The molecule has 1 aromatic rings. The molecule has 0 aromatic heterocycles. The number of rotatable bonds is 7. The maximum Gasteiger partial charge on any atom is 0.321 e. The third-order valence-corrected chi connectivity index (χ3v) is 7.45. The van der Waals surface area contributed by atoms with E-state index in [1.54, 1.807) is 7.11 Å². The van der Waals surface area contributed by atoms with Crippen LogP contribution in [-0.4, -0.2) is 55.0 Å². The second kappa shape index (κ2) is 9.61. The van der Waals surface area contributed by atoms with Crippen molar-refractivity contribution in [3.63, 3.8) is 0 Å². The van der Waals surface area contributed by atoms with Gasteiger partial charge in [-0.2, -0.15) is 0 Å². The Morgan fingerprint density at radius 2 is 1.88 bits per heavy atom. The van der Waals surface area contributed by atoms with Crippen molar-refractivity contribution in [1.29, 1.82) is 0 Å². The van der Waals surface area contributed by atoms with Gasteiger partial charge in [0.15, 0.2) is 11.2 Å². The minimum absolute atomic E-state index is 0.0610. The summed E-state index contributed by atoms with van der Waals surface area (Å²) < 4.78 is 16.2. The van der Waals surface area contributed by atoms with Crippen LogP contribution in [0.3, 0.4) is 0 Å². The van der Waals surface area contributed by atoms with Gasteiger partial charge in [0.1, 0.15) is 11.9 Å². The molecule has 4 rings (SSSR count). The number of fused-ring (bicyclic) bond motifs is 2. The second-order valence-electron chi connectivity index (χ2n) is 9.29. The SMILES string of the molecule is COC(=O)[C@]1(CC(=O)OC2CCCCC2)C(=O)C[C@H]2CC[C@H]1N2Cc1cccc(OC)c1. The Labute approximate surface area is 189 Å². The Bertz CT molecular complexity index is 864. The normalized spacial score (nSPS) is 28.4. The van der Waals surface area contributed by atoms with E-state index in [0.29, 0.717) is 13.0 Å². The van der Waals surface area contributed by atoms with E-state index in [1.807, 2.05) is 24.3 Å². The van der Waals surface area contributed by atoms with Crippen LogP contribution < -0.4 is 4.74 Å². The van der Waals surface area contributed by atoms with Crippen LogP contribution >= 0.6 is 0 Å². The molecule has 2 saturated heterocycles. The Balaban J connectivity index is 1.59. The number of esters is 2. The zero-order valence-electron chi connectivity index (χ0n) is 19.0. The molecular formula is C25H33NO6. The van der Waals surface area contributed by atoms with E-state index in [4.69, 9.17) is 14.2 Å². The number of methoxy groups -OCH3 is 2. The van der Waals surface area contributed by atoms with Crippen LogP contribution in [0, 0.1) is 5.41 Å². The summed E-state index contributed by atoms with van der Waals surface area (Å²) in [7, 11) is 2.92. The average molecular weight is 444 g/mol. The molecule has 2 bridgehead atoms. The van der Waals surface area contributed by atoms with Crippen LogP contribution in [0.4, 0.5) is 0 Å². The largest absolute Gasteiger partial charge is 0.497 e. The molecular weight excluding hydrogens is 410 g/mol. The fourth-order valence-electron chi connectivity index (χ4n) is 5.85. The first-order valence-electron chi connectivity index (χ1n) is 11.7. The minimum atomic E-state index is -1.51. The van der Waals surface area contributed by atoms with Crippen LogP contribution in [-0.2, 0) is 30.4 Å². The van der Waals surface area contributed by atoms with E-state index in [2.05, 4.69) is 4.90 Å². The quantitative estimate of drug-likeness (QED) is 0.472. The van der Waals surface area contributed by atoms with E-state index < -0.39 is 17.4 Å². The first-order chi connectivity index (χ1) is 15.5. The lowest BCUT2D eigenvalue weighted by Gasteiger charge is -2.45. The number of Topliss-reactive ketones (excluding diaryl/α,β-unsaturated/α-hetero) is 1. The molecule has 1 saturated carbocycles. The number of carbonyl (C=O) groups is 3. The van der Waals surface area contributed by atoms with Gasteiger partial charge in [0.2, 0.25) is 0 Å². The number of ketones is 1. The molecule has 3 atom stereocenters. The molecule has 3 aliphatic rings. The molecule has 2 aliphatic heterocycles. The Hall–Kier alpha value is -2.41. The van der Waals surface area contributed by atoms with Gasteiger partial charge in [-0.25, -0.2) is 0 Å². The Morgan fingerprint density at radius 1 is 1.09 bits per heavy atom. The summed E-state index contributed by atoms with van der Waals surface area (Å²) in [5.41, 5.74) is -0.467. The van der Waals surface area contributed by atoms with Crippen molar-refractivity contribution in [1.82, 2.24) is 4.90 Å². The fraction of sp³-hybridized carbons (Fsp3) is 0.640. The zero-order chi connectivity index (χ0) is 22.7. The summed E-state index contributed by atoms with van der Waals surface area (Å²) in [5, 5.41) is 0. The van der Waals surface area contributed by atoms with Crippen molar-refractivity contribution in [2.75, 3.05) is 14.2 Å². The Kier molecular flexibility index (Phi) is 6.84. The number of piperidine rings is 1. The van der Waals surface area contributed by atoms with E-state index in [0.717, 1.165) is 49.8 Å². The van der Waals surface area contributed by atoms with Gasteiger partial charge in [-0.05, 0) is 56.2 Å². The van der Waals surface area contributed by atoms with E-state index in [1.165, 1.54) is 7.11 Å². The minimum Gasteiger partial charge on any atom is -0.497 e. The van der Waals surface area contributed by atoms with Crippen LogP contribution in [0.5, 0.6) is 5.75 Å². The monoisotopic (exact) mass is 443 g/mol. The van der Waals surface area contributed by atoms with E-state index >= 15 is 0 Å².